The summed E-state index contributed by atoms with van der Waals surface area (Å²) in [5.41, 5.74) is 6.89. The van der Waals surface area contributed by atoms with E-state index in [0.717, 1.165) is 35.0 Å². The fourth-order valence-corrected chi connectivity index (χ4v) is 11.3. The van der Waals surface area contributed by atoms with E-state index in [4.69, 9.17) is 0 Å². The van der Waals surface area contributed by atoms with Crippen molar-refractivity contribution in [1.82, 2.24) is 10.6 Å². The number of allylic oxidation sites excluding steroid dienone is 2. The van der Waals surface area contributed by atoms with Gasteiger partial charge in [0.1, 0.15) is 44.1 Å². The maximum Gasteiger partial charge on any atom is 1.00 e. The van der Waals surface area contributed by atoms with Gasteiger partial charge >= 0.3 is 4.28 Å². The first-order valence-electron chi connectivity index (χ1n) is 26.8. The second kappa shape index (κ2) is 29.6. The largest absolute Gasteiger partial charge is 1.00 e. The number of hydrogen-bond acceptors (Lipinski definition) is 14. The summed E-state index contributed by atoms with van der Waals surface area (Å²) in [6.45, 7) is 6.86. The van der Waals surface area contributed by atoms with Crippen molar-refractivity contribution in [2.75, 3.05) is 23.9 Å². The van der Waals surface area contributed by atoms with Gasteiger partial charge in [-0.15, -0.1) is 0 Å². The van der Waals surface area contributed by atoms with Crippen molar-refractivity contribution in [3.63, 3.8) is 0 Å². The van der Waals surface area contributed by atoms with E-state index >= 15 is 0 Å². The Hall–Kier alpha value is -6.53. The summed E-state index contributed by atoms with van der Waals surface area (Å²) in [6, 6.07) is 35.4. The van der Waals surface area contributed by atoms with Crippen LogP contribution in [-0.4, -0.2) is 84.3 Å². The van der Waals surface area contributed by atoms with Crippen LogP contribution in [0.4, 0.5) is 11.4 Å². The monoisotopic (exact) mass is 1150 g/mol. The van der Waals surface area contributed by atoms with Crippen LogP contribution in [0.25, 0.3) is 31.4 Å². The molecule has 0 atom stereocenters. The van der Waals surface area contributed by atoms with Gasteiger partial charge in [-0.1, -0.05) is 174 Å². The van der Waals surface area contributed by atoms with Crippen LogP contribution in [0.3, 0.4) is 0 Å². The van der Waals surface area contributed by atoms with Crippen LogP contribution in [-0.2, 0) is 47.2 Å². The molecule has 4 aliphatic rings. The van der Waals surface area contributed by atoms with Gasteiger partial charge in [-0.25, -0.2) is 0 Å². The number of nitrogens with zero attached hydrogens (tertiary/aromatic N) is 2. The summed E-state index contributed by atoms with van der Waals surface area (Å²) in [4.78, 5) is 24.1. The molecule has 0 unspecified atom stereocenters. The Balaban J connectivity index is 0.000000307. The number of unbranched alkanes of at least 4 members (excludes halogenated alkanes) is 2. The van der Waals surface area contributed by atoms with Gasteiger partial charge < -0.3 is 20.8 Å². The molecule has 0 heterocycles. The van der Waals surface area contributed by atoms with Crippen molar-refractivity contribution in [2.24, 2.45) is 10.2 Å². The van der Waals surface area contributed by atoms with Crippen LogP contribution in [0.2, 0.25) is 0 Å². The number of hydrazone groups is 2. The molecule has 79 heavy (non-hydrogen) atoms. The van der Waals surface area contributed by atoms with Crippen molar-refractivity contribution in [2.45, 2.75) is 116 Å². The van der Waals surface area contributed by atoms with Crippen LogP contribution in [0.15, 0.2) is 144 Å². The van der Waals surface area contributed by atoms with Crippen molar-refractivity contribution >= 4 is 86.0 Å². The predicted octanol–water partition coefficient (Wildman–Crippen LogP) is 12.1. The second-order valence-corrected chi connectivity index (χ2v) is 22.4. The predicted molar refractivity (Wildman–Crippen MR) is 316 cm³/mol. The van der Waals surface area contributed by atoms with Crippen molar-refractivity contribution in [3.8, 4) is 11.5 Å². The van der Waals surface area contributed by atoms with Gasteiger partial charge in [0, 0.05) is 74.6 Å². The molecule has 8 N–H and O–H groups in total. The zero-order chi connectivity index (χ0) is 55.7. The second-order valence-electron chi connectivity index (χ2n) is 19.6. The number of benzene rings is 6. The molecule has 16 nitrogen and oxygen atoms in total. The van der Waals surface area contributed by atoms with E-state index in [2.05, 4.69) is 45.5 Å². The molecule has 4 aliphatic carbocycles. The number of hydrogen-bond donors (Lipinski definition) is 8. The first-order valence-corrected chi connectivity index (χ1v) is 29.7. The Kier molecular flexibility index (Phi) is 23.1. The molecular formula is C60H73CrN6O10S2+3. The van der Waals surface area contributed by atoms with E-state index in [-0.39, 0.29) is 66.8 Å². The van der Waals surface area contributed by atoms with Crippen molar-refractivity contribution < 1.29 is 67.4 Å². The zero-order valence-corrected chi connectivity index (χ0v) is 47.4. The van der Waals surface area contributed by atoms with Gasteiger partial charge in [0.05, 0.1) is 0 Å². The van der Waals surface area contributed by atoms with Crippen molar-refractivity contribution in [1.29, 1.82) is 0 Å². The summed E-state index contributed by atoms with van der Waals surface area (Å²) in [6.07, 6.45) is 21.5. The van der Waals surface area contributed by atoms with E-state index < -0.39 is 41.6 Å². The number of carbonyl (C=O) groups excluding carboxylic acids is 2. The minimum absolute atomic E-state index is 0. The normalized spacial score (nSPS) is 16.6. The summed E-state index contributed by atoms with van der Waals surface area (Å²) < 4.78 is 65.3. The smallest absolute Gasteiger partial charge is 0.506 e. The fourth-order valence-electron chi connectivity index (χ4n) is 9.84. The number of fused-ring (bicyclic) bond motifs is 4. The van der Waals surface area contributed by atoms with Crippen molar-refractivity contribution in [3.05, 3.63) is 156 Å². The van der Waals surface area contributed by atoms with Gasteiger partial charge in [0.15, 0.2) is 0 Å². The number of nitrogens with one attached hydrogen (secondary N) is 4. The Morgan fingerprint density at radius 3 is 1.23 bits per heavy atom. The molecule has 0 saturated heterocycles. The minimum atomic E-state index is -4.57. The number of anilines is 2. The van der Waals surface area contributed by atoms with Gasteiger partial charge in [0.25, 0.3) is 20.2 Å². The number of aromatic hydroxyl groups is 2. The SMILES string of the molecule is C1CCC(NC2CCCCC2)CC1.CCCCNCCCC.O=C1C=C(S(=O)(=O)O)c2ccccc2C1=NNc1c(O)ccc2ccccc12.O=C1C=C(S(=O)(=O)O)c2ccccc2C1=NNc1c(O)ccc2ccccc12.[Cr].[H+].[H+].[H+]. The average molecular weight is 1150 g/mol. The van der Waals surface area contributed by atoms with Crippen LogP contribution >= 0.6 is 0 Å². The van der Waals surface area contributed by atoms with E-state index in [1.54, 1.807) is 48.5 Å². The Labute approximate surface area is 478 Å². The van der Waals surface area contributed by atoms with E-state index in [1.807, 2.05) is 36.4 Å². The topological polar surface area (TPSA) is 256 Å². The number of ketones is 2. The van der Waals surface area contributed by atoms with E-state index in [1.165, 1.54) is 139 Å². The summed E-state index contributed by atoms with van der Waals surface area (Å²) in [5.74, 6) is -1.46. The van der Waals surface area contributed by atoms with Crippen LogP contribution in [0.1, 0.15) is 130 Å². The summed E-state index contributed by atoms with van der Waals surface area (Å²) in [7, 11) is -9.15. The molecule has 0 aliphatic heterocycles. The molecule has 6 aromatic carbocycles. The average Bonchev–Trinajstić information content (AvgIpc) is 3.63. The molecule has 10 rings (SSSR count). The summed E-state index contributed by atoms with van der Waals surface area (Å²) >= 11 is 0. The van der Waals surface area contributed by atoms with Gasteiger partial charge in [-0.2, -0.15) is 27.0 Å². The number of rotatable bonds is 14. The molecule has 0 radical (unpaired) electrons. The molecule has 0 aromatic heterocycles. The molecule has 19 heteroatoms. The van der Waals surface area contributed by atoms with Crippen LogP contribution in [0, 0.1) is 0 Å². The Morgan fingerprint density at radius 1 is 0.506 bits per heavy atom. The number of phenols is 2. The van der Waals surface area contributed by atoms with Gasteiger partial charge in [-0.3, -0.25) is 29.5 Å². The molecule has 0 spiro atoms. The molecule has 0 bridgehead atoms. The molecule has 6 aromatic rings. The number of carbonyl (C=O) groups is 2. The molecule has 2 fully saturated rings. The zero-order valence-electron chi connectivity index (χ0n) is 47.5. The Bertz CT molecular complexity index is 3240. The minimum Gasteiger partial charge on any atom is -0.506 e. The van der Waals surface area contributed by atoms with E-state index in [0.29, 0.717) is 22.1 Å². The molecule has 418 valence electrons. The number of phenolic OH excluding ortho intramolecular Hbond substituents is 2. The first-order chi connectivity index (χ1) is 37.6. The summed E-state index contributed by atoms with van der Waals surface area (Å²) in [5, 5.41) is 39.1. The molecule has 2 saturated carbocycles. The fraction of sp³-hybridized carbons (Fsp3) is 0.333. The van der Waals surface area contributed by atoms with Crippen LogP contribution < -0.4 is 21.5 Å². The van der Waals surface area contributed by atoms with Gasteiger partial charge in [-0.05, 0) is 74.5 Å². The molecular weight excluding hydrogens is 1080 g/mol. The first kappa shape index (κ1) is 61.7. The molecule has 0 amide bonds. The maximum absolute atomic E-state index is 12.5. The standard InChI is InChI=1S/2C20H14N2O5S.C12H23N.C8H19N.Cr/c2*23-16-10-9-12-5-1-2-6-13(12)19(16)21-22-20-15-8-4-3-7-14(15)18(11-17(20)24)28(25,26)27;1-3-7-11(8-4-1)13-12-9-5-2-6-10-12;1-3-5-7-9-8-6-4-2;/h2*1-11,21,23H,(H,25,26,27);11-13H,1-10H2;9H,3-8H2,1-2H3;/p+3. The third kappa shape index (κ3) is 16.8. The van der Waals surface area contributed by atoms with Crippen LogP contribution in [0.5, 0.6) is 11.5 Å². The third-order valence-corrected chi connectivity index (χ3v) is 15.7. The van der Waals surface area contributed by atoms with E-state index in [9.17, 15) is 45.7 Å². The van der Waals surface area contributed by atoms with Gasteiger partial charge in [0.2, 0.25) is 11.6 Å². The Morgan fingerprint density at radius 2 is 0.861 bits per heavy atom. The quantitative estimate of drug-likeness (QED) is 0.0219. The third-order valence-electron chi connectivity index (χ3n) is 13.9. The maximum atomic E-state index is 12.5.